The first-order valence-electron chi connectivity index (χ1n) is 9.64. The number of hydrogen-bond acceptors (Lipinski definition) is 5. The van der Waals surface area contributed by atoms with Crippen molar-refractivity contribution in [2.24, 2.45) is 0 Å². The molecule has 0 spiro atoms. The minimum Gasteiger partial charge on any atom is -0.353 e. The predicted octanol–water partition coefficient (Wildman–Crippen LogP) is 3.09. The van der Waals surface area contributed by atoms with E-state index in [1.807, 2.05) is 36.4 Å². The van der Waals surface area contributed by atoms with E-state index < -0.39 is 10.0 Å². The van der Waals surface area contributed by atoms with Gasteiger partial charge in [-0.2, -0.15) is 4.31 Å². The molecule has 0 aliphatic carbocycles. The molecule has 3 aromatic rings. The molecule has 1 aliphatic heterocycles. The van der Waals surface area contributed by atoms with Crippen molar-refractivity contribution in [1.82, 2.24) is 14.3 Å². The molecule has 0 saturated carbocycles. The number of piperazine rings is 1. The average molecular weight is 397 g/mol. The molecule has 0 radical (unpaired) electrons. The number of aromatic nitrogens is 2. The highest BCUT2D eigenvalue weighted by molar-refractivity contribution is 7.89. The van der Waals surface area contributed by atoms with E-state index in [-0.39, 0.29) is 0 Å². The molecule has 2 aromatic carbocycles. The molecule has 0 amide bonds. The van der Waals surface area contributed by atoms with E-state index in [1.54, 1.807) is 22.6 Å². The summed E-state index contributed by atoms with van der Waals surface area (Å²) in [6.45, 7) is 4.19. The average Bonchev–Trinajstić information content (AvgIpc) is 2.74. The summed E-state index contributed by atoms with van der Waals surface area (Å²) in [6.07, 6.45) is 3.77. The van der Waals surface area contributed by atoms with Gasteiger partial charge in [-0.15, -0.1) is 0 Å². The second-order valence-corrected chi connectivity index (χ2v) is 8.94. The lowest BCUT2D eigenvalue weighted by molar-refractivity contribution is 0.384. The van der Waals surface area contributed by atoms with E-state index in [0.717, 1.165) is 29.7 Å². The Morgan fingerprint density at radius 1 is 0.929 bits per heavy atom. The van der Waals surface area contributed by atoms with Crippen LogP contribution in [0.4, 0.5) is 5.82 Å². The molecule has 0 atom stereocenters. The van der Waals surface area contributed by atoms with Crippen LogP contribution in [-0.4, -0.2) is 48.9 Å². The van der Waals surface area contributed by atoms with Crippen LogP contribution < -0.4 is 4.90 Å². The van der Waals surface area contributed by atoms with Crippen LogP contribution in [0.2, 0.25) is 0 Å². The van der Waals surface area contributed by atoms with Gasteiger partial charge in [0.1, 0.15) is 5.82 Å². The highest BCUT2D eigenvalue weighted by Gasteiger charge is 2.29. The van der Waals surface area contributed by atoms with E-state index in [2.05, 4.69) is 21.8 Å². The predicted molar refractivity (Wildman–Crippen MR) is 111 cm³/mol. The van der Waals surface area contributed by atoms with Crippen LogP contribution in [0.1, 0.15) is 18.9 Å². The topological polar surface area (TPSA) is 66.4 Å². The van der Waals surface area contributed by atoms with E-state index in [1.165, 1.54) is 5.56 Å². The van der Waals surface area contributed by atoms with Crippen LogP contribution >= 0.6 is 0 Å². The van der Waals surface area contributed by atoms with Crippen molar-refractivity contribution in [2.45, 2.75) is 24.7 Å². The quantitative estimate of drug-likeness (QED) is 0.663. The van der Waals surface area contributed by atoms with E-state index >= 15 is 0 Å². The van der Waals surface area contributed by atoms with E-state index in [9.17, 15) is 8.42 Å². The maximum Gasteiger partial charge on any atom is 0.243 e. The molecular weight excluding hydrogens is 372 g/mol. The number of nitrogens with zero attached hydrogens (tertiary/aromatic N) is 4. The zero-order chi connectivity index (χ0) is 19.6. The Hall–Kier alpha value is -2.51. The van der Waals surface area contributed by atoms with Crippen LogP contribution in [-0.2, 0) is 16.4 Å². The lowest BCUT2D eigenvalue weighted by Gasteiger charge is -2.34. The molecule has 146 valence electrons. The highest BCUT2D eigenvalue weighted by Crippen LogP contribution is 2.21. The van der Waals surface area contributed by atoms with Crippen molar-refractivity contribution in [1.29, 1.82) is 0 Å². The first-order chi connectivity index (χ1) is 13.6. The molecule has 1 saturated heterocycles. The second kappa shape index (κ2) is 7.85. The Labute approximate surface area is 165 Å². The zero-order valence-corrected chi connectivity index (χ0v) is 16.8. The van der Waals surface area contributed by atoms with Crippen LogP contribution in [0.15, 0.2) is 59.6 Å². The van der Waals surface area contributed by atoms with Gasteiger partial charge in [-0.1, -0.05) is 37.6 Å². The molecule has 0 unspecified atom stereocenters. The Kier molecular flexibility index (Phi) is 5.28. The number of sulfonamides is 1. The fraction of sp³-hybridized carbons (Fsp3) is 0.333. The number of para-hydroxylation sites is 2. The number of fused-ring (bicyclic) bond motifs is 1. The third kappa shape index (κ3) is 3.72. The SMILES string of the molecule is CCCc1ccc(S(=O)(=O)N2CCN(c3cnc4ccccc4n3)CC2)cc1. The third-order valence-electron chi connectivity index (χ3n) is 5.10. The van der Waals surface area contributed by atoms with Gasteiger partial charge in [0.05, 0.1) is 22.1 Å². The largest absolute Gasteiger partial charge is 0.353 e. The number of anilines is 1. The molecule has 28 heavy (non-hydrogen) atoms. The summed E-state index contributed by atoms with van der Waals surface area (Å²) in [5.41, 5.74) is 2.88. The van der Waals surface area contributed by atoms with Gasteiger partial charge in [-0.05, 0) is 36.2 Å². The third-order valence-corrected chi connectivity index (χ3v) is 7.01. The van der Waals surface area contributed by atoms with Gasteiger partial charge >= 0.3 is 0 Å². The van der Waals surface area contributed by atoms with Crippen LogP contribution in [0, 0.1) is 0 Å². The zero-order valence-electron chi connectivity index (χ0n) is 16.0. The summed E-state index contributed by atoms with van der Waals surface area (Å²) >= 11 is 0. The van der Waals surface area contributed by atoms with Gasteiger partial charge in [0.25, 0.3) is 0 Å². The summed E-state index contributed by atoms with van der Waals surface area (Å²) in [7, 11) is -3.46. The normalized spacial score (nSPS) is 15.8. The minimum atomic E-state index is -3.46. The van der Waals surface area contributed by atoms with Gasteiger partial charge in [0.15, 0.2) is 0 Å². The summed E-state index contributed by atoms with van der Waals surface area (Å²) in [5.74, 6) is 0.791. The Morgan fingerprint density at radius 3 is 2.29 bits per heavy atom. The number of aryl methyl sites for hydroxylation is 1. The van der Waals surface area contributed by atoms with Gasteiger partial charge in [-0.3, -0.25) is 4.98 Å². The maximum absolute atomic E-state index is 13.0. The molecule has 0 bridgehead atoms. The monoisotopic (exact) mass is 396 g/mol. The Bertz CT molecular complexity index is 1060. The second-order valence-electron chi connectivity index (χ2n) is 7.00. The fourth-order valence-corrected chi connectivity index (χ4v) is 4.95. The lowest BCUT2D eigenvalue weighted by Crippen LogP contribution is -2.48. The van der Waals surface area contributed by atoms with E-state index in [0.29, 0.717) is 31.1 Å². The van der Waals surface area contributed by atoms with Crippen molar-refractivity contribution in [3.05, 3.63) is 60.3 Å². The highest BCUT2D eigenvalue weighted by atomic mass is 32.2. The Balaban J connectivity index is 1.46. The fourth-order valence-electron chi connectivity index (χ4n) is 3.52. The summed E-state index contributed by atoms with van der Waals surface area (Å²) < 4.78 is 27.5. The molecule has 0 N–H and O–H groups in total. The molecule has 6 nitrogen and oxygen atoms in total. The van der Waals surface area contributed by atoms with Crippen molar-refractivity contribution in [3.8, 4) is 0 Å². The number of hydrogen-bond donors (Lipinski definition) is 0. The number of rotatable bonds is 5. The van der Waals surface area contributed by atoms with Gasteiger partial charge in [0.2, 0.25) is 10.0 Å². The van der Waals surface area contributed by atoms with Crippen LogP contribution in [0.5, 0.6) is 0 Å². The van der Waals surface area contributed by atoms with Crippen molar-refractivity contribution in [3.63, 3.8) is 0 Å². The minimum absolute atomic E-state index is 0.367. The first kappa shape index (κ1) is 18.8. The van der Waals surface area contributed by atoms with Crippen molar-refractivity contribution in [2.75, 3.05) is 31.1 Å². The van der Waals surface area contributed by atoms with Crippen molar-refractivity contribution < 1.29 is 8.42 Å². The summed E-state index contributed by atoms with van der Waals surface area (Å²) in [5, 5.41) is 0. The Morgan fingerprint density at radius 2 is 1.61 bits per heavy atom. The molecule has 1 aromatic heterocycles. The summed E-state index contributed by atoms with van der Waals surface area (Å²) in [4.78, 5) is 11.6. The van der Waals surface area contributed by atoms with Gasteiger partial charge < -0.3 is 4.90 Å². The standard InChI is InChI=1S/C21H24N4O2S/c1-2-5-17-8-10-18(11-9-17)28(26,27)25-14-12-24(13-15-25)21-16-22-19-6-3-4-7-20(19)23-21/h3-4,6-11,16H,2,5,12-15H2,1H3. The smallest absolute Gasteiger partial charge is 0.243 e. The molecular formula is C21H24N4O2S. The molecule has 1 fully saturated rings. The van der Waals surface area contributed by atoms with Gasteiger partial charge in [-0.25, -0.2) is 13.4 Å². The van der Waals surface area contributed by atoms with Gasteiger partial charge in [0, 0.05) is 26.2 Å². The van der Waals surface area contributed by atoms with E-state index in [4.69, 9.17) is 0 Å². The molecule has 2 heterocycles. The lowest BCUT2D eigenvalue weighted by atomic mass is 10.1. The van der Waals surface area contributed by atoms with Crippen molar-refractivity contribution >= 4 is 26.9 Å². The molecule has 4 rings (SSSR count). The summed E-state index contributed by atoms with van der Waals surface area (Å²) in [6, 6.07) is 15.0. The molecule has 1 aliphatic rings. The molecule has 7 heteroatoms. The van der Waals surface area contributed by atoms with Crippen LogP contribution in [0.3, 0.4) is 0 Å². The maximum atomic E-state index is 13.0. The van der Waals surface area contributed by atoms with Crippen LogP contribution in [0.25, 0.3) is 11.0 Å². The number of benzene rings is 2. The first-order valence-corrected chi connectivity index (χ1v) is 11.1.